The summed E-state index contributed by atoms with van der Waals surface area (Å²) in [5, 5.41) is 3.07. The molecule has 0 radical (unpaired) electrons. The van der Waals surface area contributed by atoms with Crippen LogP contribution in [0.1, 0.15) is 65.6 Å². The van der Waals surface area contributed by atoms with Gasteiger partial charge in [-0.3, -0.25) is 4.79 Å². The molecule has 1 amide bonds. The minimum absolute atomic E-state index is 0.0350. The van der Waals surface area contributed by atoms with Gasteiger partial charge < -0.3 is 19.4 Å². The van der Waals surface area contributed by atoms with Crippen molar-refractivity contribution in [2.75, 3.05) is 6.61 Å². The number of benzene rings is 1. The van der Waals surface area contributed by atoms with E-state index >= 15 is 0 Å². The van der Waals surface area contributed by atoms with Gasteiger partial charge in [0.15, 0.2) is 0 Å². The van der Waals surface area contributed by atoms with E-state index in [0.717, 1.165) is 40.4 Å². The number of carbonyl (C=O) groups excluding carboxylic acids is 1. The van der Waals surface area contributed by atoms with Gasteiger partial charge in [-0.15, -0.1) is 0 Å². The van der Waals surface area contributed by atoms with Gasteiger partial charge >= 0.3 is 0 Å². The number of nitrogens with one attached hydrogen (secondary N) is 1. The number of hydrogen-bond acceptors (Lipinski definition) is 3. The number of amides is 1. The molecule has 1 aromatic carbocycles. The van der Waals surface area contributed by atoms with Gasteiger partial charge in [-0.05, 0) is 58.7 Å². The summed E-state index contributed by atoms with van der Waals surface area (Å²) < 4.78 is 14.0. The van der Waals surface area contributed by atoms with Crippen molar-refractivity contribution in [3.8, 4) is 11.5 Å². The normalized spacial score (nSPS) is 18.1. The summed E-state index contributed by atoms with van der Waals surface area (Å²) in [6.07, 6.45) is 3.51. The average molecular weight is 368 g/mol. The van der Waals surface area contributed by atoms with E-state index in [4.69, 9.17) is 9.47 Å². The third-order valence-corrected chi connectivity index (χ3v) is 5.46. The van der Waals surface area contributed by atoms with Crippen molar-refractivity contribution in [2.24, 2.45) is 0 Å². The van der Waals surface area contributed by atoms with Gasteiger partial charge in [0.05, 0.1) is 12.2 Å². The van der Waals surface area contributed by atoms with Gasteiger partial charge in [0.25, 0.3) is 5.91 Å². The van der Waals surface area contributed by atoms with Gasteiger partial charge in [0, 0.05) is 41.5 Å². The Morgan fingerprint density at radius 1 is 1.30 bits per heavy atom. The first-order valence-electron chi connectivity index (χ1n) is 9.89. The number of fused-ring (bicyclic) bond motifs is 1. The minimum atomic E-state index is -0.0350. The first-order chi connectivity index (χ1) is 13.0. The van der Waals surface area contributed by atoms with Crippen molar-refractivity contribution in [2.45, 2.75) is 65.6 Å². The van der Waals surface area contributed by atoms with Crippen LogP contribution in [0.25, 0.3) is 0 Å². The van der Waals surface area contributed by atoms with Crippen LogP contribution in [-0.4, -0.2) is 23.2 Å². The summed E-state index contributed by atoms with van der Waals surface area (Å²) in [6.45, 7) is 9.18. The number of aromatic nitrogens is 1. The van der Waals surface area contributed by atoms with Crippen LogP contribution in [-0.2, 0) is 13.0 Å². The van der Waals surface area contributed by atoms with Crippen molar-refractivity contribution in [3.05, 3.63) is 46.3 Å². The second kappa shape index (κ2) is 6.95. The molecule has 27 heavy (non-hydrogen) atoms. The number of nitrogens with zero attached hydrogens (tertiary/aromatic N) is 1. The van der Waals surface area contributed by atoms with E-state index in [2.05, 4.69) is 29.8 Å². The second-order valence-electron chi connectivity index (χ2n) is 7.70. The molecule has 1 aromatic heterocycles. The largest absolute Gasteiger partial charge is 0.494 e. The monoisotopic (exact) mass is 368 g/mol. The molecule has 2 aromatic rings. The lowest BCUT2D eigenvalue weighted by atomic mass is 10.1. The quantitative estimate of drug-likeness (QED) is 0.835. The van der Waals surface area contributed by atoms with Gasteiger partial charge in [-0.25, -0.2) is 0 Å². The standard InChI is InChI=1S/C22H28N2O3/c1-5-26-20-10-16-9-14(3)27-21(16)11-17(20)12-23-22(25)19-8-13(2)24(15(19)4)18-6-7-18/h8,10-11,14,18H,5-7,9,12H2,1-4H3,(H,23,25). The minimum Gasteiger partial charge on any atom is -0.494 e. The Hall–Kier alpha value is -2.43. The molecule has 2 heterocycles. The number of ether oxygens (including phenoxy) is 2. The van der Waals surface area contributed by atoms with E-state index in [1.54, 1.807) is 0 Å². The number of carbonyl (C=O) groups is 1. The molecular weight excluding hydrogens is 340 g/mol. The highest BCUT2D eigenvalue weighted by Gasteiger charge is 2.28. The van der Waals surface area contributed by atoms with Crippen LogP contribution in [0.15, 0.2) is 18.2 Å². The zero-order valence-corrected chi connectivity index (χ0v) is 16.6. The Labute approximate surface area is 160 Å². The molecule has 1 fully saturated rings. The van der Waals surface area contributed by atoms with Crippen LogP contribution < -0.4 is 14.8 Å². The lowest BCUT2D eigenvalue weighted by molar-refractivity contribution is 0.0950. The zero-order valence-electron chi connectivity index (χ0n) is 16.6. The SMILES string of the molecule is CCOc1cc2c(cc1CNC(=O)c1cc(C)n(C3CC3)c1C)OC(C)C2. The van der Waals surface area contributed by atoms with Crippen LogP contribution >= 0.6 is 0 Å². The van der Waals surface area contributed by atoms with Gasteiger partial charge in [-0.1, -0.05) is 0 Å². The van der Waals surface area contributed by atoms with E-state index in [1.807, 2.05) is 26.0 Å². The fraction of sp³-hybridized carbons (Fsp3) is 0.500. The lowest BCUT2D eigenvalue weighted by Gasteiger charge is -2.13. The highest BCUT2D eigenvalue weighted by Crippen LogP contribution is 2.38. The fourth-order valence-electron chi connectivity index (χ4n) is 4.08. The molecule has 1 saturated carbocycles. The van der Waals surface area contributed by atoms with Crippen LogP contribution in [0.2, 0.25) is 0 Å². The average Bonchev–Trinajstić information content (AvgIpc) is 3.31. The smallest absolute Gasteiger partial charge is 0.253 e. The van der Waals surface area contributed by atoms with E-state index in [1.165, 1.54) is 18.4 Å². The van der Waals surface area contributed by atoms with E-state index in [-0.39, 0.29) is 12.0 Å². The van der Waals surface area contributed by atoms with Crippen molar-refractivity contribution in [1.29, 1.82) is 0 Å². The van der Waals surface area contributed by atoms with Crippen LogP contribution in [0.4, 0.5) is 0 Å². The molecule has 5 heteroatoms. The first-order valence-corrected chi connectivity index (χ1v) is 9.89. The molecular formula is C22H28N2O3. The Kier molecular flexibility index (Phi) is 4.62. The predicted octanol–water partition coefficient (Wildman–Crippen LogP) is 4.09. The zero-order chi connectivity index (χ0) is 19.1. The molecule has 1 aliphatic carbocycles. The lowest BCUT2D eigenvalue weighted by Crippen LogP contribution is -2.23. The summed E-state index contributed by atoms with van der Waals surface area (Å²) in [5.41, 5.74) is 5.12. The third kappa shape index (κ3) is 3.43. The van der Waals surface area contributed by atoms with E-state index in [9.17, 15) is 4.79 Å². The second-order valence-corrected chi connectivity index (χ2v) is 7.70. The fourth-order valence-corrected chi connectivity index (χ4v) is 4.08. The maximum Gasteiger partial charge on any atom is 0.253 e. The Balaban J connectivity index is 1.52. The molecule has 1 aliphatic heterocycles. The number of rotatable bonds is 6. The van der Waals surface area contributed by atoms with Crippen molar-refractivity contribution < 1.29 is 14.3 Å². The van der Waals surface area contributed by atoms with E-state index < -0.39 is 0 Å². The molecule has 0 bridgehead atoms. The number of hydrogen-bond donors (Lipinski definition) is 1. The molecule has 2 aliphatic rings. The van der Waals surface area contributed by atoms with E-state index in [0.29, 0.717) is 19.2 Å². The summed E-state index contributed by atoms with van der Waals surface area (Å²) in [4.78, 5) is 12.8. The van der Waals surface area contributed by atoms with Gasteiger partial charge in [0.1, 0.15) is 17.6 Å². The van der Waals surface area contributed by atoms with Crippen LogP contribution in [0, 0.1) is 13.8 Å². The highest BCUT2D eigenvalue weighted by molar-refractivity contribution is 5.95. The topological polar surface area (TPSA) is 52.5 Å². The third-order valence-electron chi connectivity index (χ3n) is 5.46. The molecule has 144 valence electrons. The van der Waals surface area contributed by atoms with Gasteiger partial charge in [0.2, 0.25) is 0 Å². The molecule has 1 unspecified atom stereocenters. The van der Waals surface area contributed by atoms with Crippen molar-refractivity contribution >= 4 is 5.91 Å². The summed E-state index contributed by atoms with van der Waals surface area (Å²) in [5.74, 6) is 1.70. The summed E-state index contributed by atoms with van der Waals surface area (Å²) in [7, 11) is 0. The Morgan fingerprint density at radius 2 is 2.07 bits per heavy atom. The van der Waals surface area contributed by atoms with Crippen molar-refractivity contribution in [1.82, 2.24) is 9.88 Å². The molecule has 0 saturated heterocycles. The first kappa shape index (κ1) is 18.0. The number of aryl methyl sites for hydroxylation is 1. The molecule has 4 rings (SSSR count). The maximum atomic E-state index is 12.8. The summed E-state index contributed by atoms with van der Waals surface area (Å²) in [6, 6.07) is 6.65. The predicted molar refractivity (Wildman–Crippen MR) is 105 cm³/mol. The van der Waals surface area contributed by atoms with Gasteiger partial charge in [-0.2, -0.15) is 0 Å². The molecule has 5 nitrogen and oxygen atoms in total. The molecule has 1 N–H and O–H groups in total. The Bertz CT molecular complexity index is 880. The van der Waals surface area contributed by atoms with Crippen LogP contribution in [0.5, 0.6) is 11.5 Å². The molecule has 0 spiro atoms. The molecule has 1 atom stereocenters. The highest BCUT2D eigenvalue weighted by atomic mass is 16.5. The maximum absolute atomic E-state index is 12.8. The summed E-state index contributed by atoms with van der Waals surface area (Å²) >= 11 is 0. The Morgan fingerprint density at radius 3 is 2.78 bits per heavy atom. The van der Waals surface area contributed by atoms with Crippen LogP contribution in [0.3, 0.4) is 0 Å². The van der Waals surface area contributed by atoms with Crippen molar-refractivity contribution in [3.63, 3.8) is 0 Å².